The highest BCUT2D eigenvalue weighted by molar-refractivity contribution is 5.88. The van der Waals surface area contributed by atoms with Gasteiger partial charge in [0.25, 0.3) is 0 Å². The maximum Gasteiger partial charge on any atom is 0.407 e. The summed E-state index contributed by atoms with van der Waals surface area (Å²) in [5.41, 5.74) is 1.00. The smallest absolute Gasteiger partial charge is 0.407 e. The molecule has 6 heteroatoms. The highest BCUT2D eigenvalue weighted by Crippen LogP contribution is 2.09. The number of carbonyl (C=O) groups excluding carboxylic acids is 2. The lowest BCUT2D eigenvalue weighted by Gasteiger charge is -2.19. The van der Waals surface area contributed by atoms with Crippen molar-refractivity contribution in [2.75, 3.05) is 6.61 Å². The average molecular weight is 294 g/mol. The summed E-state index contributed by atoms with van der Waals surface area (Å²) in [6.07, 6.45) is -0.525. The van der Waals surface area contributed by atoms with Crippen molar-refractivity contribution in [1.29, 1.82) is 0 Å². The van der Waals surface area contributed by atoms with Crippen LogP contribution in [0.25, 0.3) is 0 Å². The molecular weight excluding hydrogens is 272 g/mol. The standard InChI is InChI=1S/C15H22N2O4/c1-6-20-13(18)12-10(2)7-8-11(17-12)9-16-14(19)21-15(3,4)5/h7-8H,6,9H2,1-5H3,(H,16,19). The second kappa shape index (κ2) is 7.06. The minimum Gasteiger partial charge on any atom is -0.461 e. The molecule has 0 atom stereocenters. The molecule has 6 nitrogen and oxygen atoms in total. The molecule has 1 rings (SSSR count). The molecule has 0 saturated heterocycles. The highest BCUT2D eigenvalue weighted by Gasteiger charge is 2.17. The fourth-order valence-electron chi connectivity index (χ4n) is 1.55. The summed E-state index contributed by atoms with van der Waals surface area (Å²) < 4.78 is 10.1. The summed E-state index contributed by atoms with van der Waals surface area (Å²) in [6, 6.07) is 3.51. The zero-order chi connectivity index (χ0) is 16.0. The Bertz CT molecular complexity index is 521. The van der Waals surface area contributed by atoms with Crippen LogP contribution in [0.15, 0.2) is 12.1 Å². The first-order chi connectivity index (χ1) is 9.73. The molecule has 0 spiro atoms. The largest absolute Gasteiger partial charge is 0.461 e. The van der Waals surface area contributed by atoms with Gasteiger partial charge in [0.2, 0.25) is 0 Å². The second-order valence-electron chi connectivity index (χ2n) is 5.54. The molecular formula is C15H22N2O4. The molecule has 1 N–H and O–H groups in total. The Morgan fingerprint density at radius 3 is 2.52 bits per heavy atom. The van der Waals surface area contributed by atoms with Crippen LogP contribution in [0.5, 0.6) is 0 Å². The van der Waals surface area contributed by atoms with E-state index in [1.165, 1.54) is 0 Å². The van der Waals surface area contributed by atoms with E-state index < -0.39 is 17.7 Å². The molecule has 1 aromatic rings. The third-order valence-corrected chi connectivity index (χ3v) is 2.44. The molecule has 1 heterocycles. The number of carbonyl (C=O) groups is 2. The maximum atomic E-state index is 11.7. The van der Waals surface area contributed by atoms with E-state index in [9.17, 15) is 9.59 Å². The van der Waals surface area contributed by atoms with Crippen molar-refractivity contribution in [3.05, 3.63) is 29.1 Å². The molecule has 0 unspecified atom stereocenters. The van der Waals surface area contributed by atoms with Gasteiger partial charge in [-0.3, -0.25) is 0 Å². The number of aryl methyl sites for hydroxylation is 1. The number of nitrogens with zero attached hydrogens (tertiary/aromatic N) is 1. The lowest BCUT2D eigenvalue weighted by molar-refractivity contribution is 0.0515. The van der Waals surface area contributed by atoms with Crippen molar-refractivity contribution in [2.24, 2.45) is 0 Å². The van der Waals surface area contributed by atoms with E-state index in [4.69, 9.17) is 9.47 Å². The molecule has 0 fully saturated rings. The van der Waals surface area contributed by atoms with Gasteiger partial charge < -0.3 is 14.8 Å². The number of pyridine rings is 1. The molecule has 1 amide bonds. The summed E-state index contributed by atoms with van der Waals surface area (Å²) in [5.74, 6) is -0.464. The fourth-order valence-corrected chi connectivity index (χ4v) is 1.55. The zero-order valence-corrected chi connectivity index (χ0v) is 13.1. The average Bonchev–Trinajstić information content (AvgIpc) is 2.36. The van der Waals surface area contributed by atoms with Crippen LogP contribution >= 0.6 is 0 Å². The number of rotatable bonds is 4. The van der Waals surface area contributed by atoms with E-state index in [1.807, 2.05) is 0 Å². The summed E-state index contributed by atoms with van der Waals surface area (Å²) >= 11 is 0. The third-order valence-electron chi connectivity index (χ3n) is 2.44. The molecule has 21 heavy (non-hydrogen) atoms. The quantitative estimate of drug-likeness (QED) is 0.864. The maximum absolute atomic E-state index is 11.7. The predicted molar refractivity (Wildman–Crippen MR) is 78.0 cm³/mol. The van der Waals surface area contributed by atoms with Gasteiger partial charge in [0, 0.05) is 0 Å². The SMILES string of the molecule is CCOC(=O)c1nc(CNC(=O)OC(C)(C)C)ccc1C. The molecule has 0 saturated carbocycles. The lowest BCUT2D eigenvalue weighted by atomic mass is 10.2. The van der Waals surface area contributed by atoms with Crippen molar-refractivity contribution in [2.45, 2.75) is 46.8 Å². The first-order valence-electron chi connectivity index (χ1n) is 6.83. The number of aromatic nitrogens is 1. The minimum atomic E-state index is -0.555. The minimum absolute atomic E-state index is 0.182. The van der Waals surface area contributed by atoms with Gasteiger partial charge in [0.1, 0.15) is 5.60 Å². The van der Waals surface area contributed by atoms with Gasteiger partial charge in [0.15, 0.2) is 5.69 Å². The van der Waals surface area contributed by atoms with Crippen LogP contribution in [-0.4, -0.2) is 29.3 Å². The van der Waals surface area contributed by atoms with Crippen LogP contribution in [0.2, 0.25) is 0 Å². The summed E-state index contributed by atoms with van der Waals surface area (Å²) in [4.78, 5) is 27.5. The van der Waals surface area contributed by atoms with Gasteiger partial charge in [-0.2, -0.15) is 0 Å². The van der Waals surface area contributed by atoms with Crippen molar-refractivity contribution in [1.82, 2.24) is 10.3 Å². The van der Waals surface area contributed by atoms with Crippen LogP contribution in [0.1, 0.15) is 49.4 Å². The molecule has 0 aliphatic heterocycles. The van der Waals surface area contributed by atoms with Crippen LogP contribution in [0.4, 0.5) is 4.79 Å². The highest BCUT2D eigenvalue weighted by atomic mass is 16.6. The lowest BCUT2D eigenvalue weighted by Crippen LogP contribution is -2.32. The second-order valence-corrected chi connectivity index (χ2v) is 5.54. The molecule has 0 radical (unpaired) electrons. The van der Waals surface area contributed by atoms with E-state index >= 15 is 0 Å². The summed E-state index contributed by atoms with van der Waals surface area (Å²) in [7, 11) is 0. The Kier molecular flexibility index (Phi) is 5.69. The third kappa shape index (κ3) is 5.81. The van der Waals surface area contributed by atoms with Gasteiger partial charge in [-0.25, -0.2) is 14.6 Å². The Labute approximate surface area is 124 Å². The number of amides is 1. The van der Waals surface area contributed by atoms with Crippen molar-refractivity contribution >= 4 is 12.1 Å². The normalized spacial score (nSPS) is 10.9. The first-order valence-corrected chi connectivity index (χ1v) is 6.83. The van der Waals surface area contributed by atoms with Crippen molar-refractivity contribution in [3.8, 4) is 0 Å². The molecule has 0 aromatic carbocycles. The molecule has 0 aliphatic rings. The van der Waals surface area contributed by atoms with E-state index in [0.717, 1.165) is 5.56 Å². The van der Waals surface area contributed by atoms with Crippen LogP contribution in [-0.2, 0) is 16.0 Å². The van der Waals surface area contributed by atoms with E-state index in [-0.39, 0.29) is 12.2 Å². The monoisotopic (exact) mass is 294 g/mol. The van der Waals surface area contributed by atoms with Gasteiger partial charge >= 0.3 is 12.1 Å². The van der Waals surface area contributed by atoms with Crippen LogP contribution in [0, 0.1) is 6.92 Å². The number of alkyl carbamates (subject to hydrolysis) is 1. The summed E-state index contributed by atoms with van der Waals surface area (Å²) in [5, 5.41) is 2.60. The van der Waals surface area contributed by atoms with Crippen LogP contribution in [0.3, 0.4) is 0 Å². The topological polar surface area (TPSA) is 77.5 Å². The van der Waals surface area contributed by atoms with E-state index in [1.54, 1.807) is 46.8 Å². The zero-order valence-electron chi connectivity index (χ0n) is 13.1. The number of hydrogen-bond acceptors (Lipinski definition) is 5. The Morgan fingerprint density at radius 1 is 1.29 bits per heavy atom. The number of nitrogens with one attached hydrogen (secondary N) is 1. The number of hydrogen-bond donors (Lipinski definition) is 1. The molecule has 116 valence electrons. The van der Waals surface area contributed by atoms with Crippen molar-refractivity contribution in [3.63, 3.8) is 0 Å². The van der Waals surface area contributed by atoms with E-state index in [0.29, 0.717) is 12.3 Å². The Balaban J connectivity index is 2.70. The van der Waals surface area contributed by atoms with Gasteiger partial charge in [-0.05, 0) is 46.2 Å². The number of ether oxygens (including phenoxy) is 2. The van der Waals surface area contributed by atoms with Gasteiger partial charge in [0.05, 0.1) is 18.8 Å². The fraction of sp³-hybridized carbons (Fsp3) is 0.533. The summed E-state index contributed by atoms with van der Waals surface area (Å²) in [6.45, 7) is 9.36. The van der Waals surface area contributed by atoms with Gasteiger partial charge in [-0.15, -0.1) is 0 Å². The van der Waals surface area contributed by atoms with Crippen molar-refractivity contribution < 1.29 is 19.1 Å². The predicted octanol–water partition coefficient (Wildman–Crippen LogP) is 2.59. The van der Waals surface area contributed by atoms with Crippen LogP contribution < -0.4 is 5.32 Å². The van der Waals surface area contributed by atoms with E-state index in [2.05, 4.69) is 10.3 Å². The van der Waals surface area contributed by atoms with Gasteiger partial charge in [-0.1, -0.05) is 6.07 Å². The molecule has 0 aliphatic carbocycles. The Morgan fingerprint density at radius 2 is 1.95 bits per heavy atom. The first kappa shape index (κ1) is 16.9. The molecule has 0 bridgehead atoms. The molecule has 1 aromatic heterocycles. The Hall–Kier alpha value is -2.11. The number of esters is 1.